The van der Waals surface area contributed by atoms with E-state index in [1.54, 1.807) is 24.3 Å². The number of allylic oxidation sites excluding steroid dienone is 2. The summed E-state index contributed by atoms with van der Waals surface area (Å²) >= 11 is 0. The number of carbonyl (C=O) groups is 2. The molecule has 0 unspecified atom stereocenters. The van der Waals surface area contributed by atoms with Gasteiger partial charge in [-0.3, -0.25) is 9.59 Å². The molecular formula is C16H22O4Si2. The molecule has 0 bridgehead atoms. The summed E-state index contributed by atoms with van der Waals surface area (Å²) in [4.78, 5) is 25.5. The van der Waals surface area contributed by atoms with Crippen LogP contribution in [0.25, 0.3) is 0 Å². The van der Waals surface area contributed by atoms with E-state index >= 15 is 0 Å². The Bertz CT molecular complexity index is 606. The van der Waals surface area contributed by atoms with Gasteiger partial charge in [-0.15, -0.1) is 0 Å². The molecule has 0 aromatic heterocycles. The lowest BCUT2D eigenvalue weighted by Crippen LogP contribution is -2.36. The first kappa shape index (κ1) is 16.7. The van der Waals surface area contributed by atoms with Crippen LogP contribution in [0, 0.1) is 0 Å². The Morgan fingerprint density at radius 3 is 1.27 bits per heavy atom. The maximum Gasteiger partial charge on any atom is 0.242 e. The summed E-state index contributed by atoms with van der Waals surface area (Å²) in [7, 11) is -4.10. The molecule has 1 aliphatic rings. The van der Waals surface area contributed by atoms with Crippen LogP contribution in [0.1, 0.15) is 20.7 Å². The van der Waals surface area contributed by atoms with Gasteiger partial charge in [-0.2, -0.15) is 0 Å². The molecule has 1 aromatic rings. The minimum atomic E-state index is -2.05. The van der Waals surface area contributed by atoms with Crippen LogP contribution in [-0.2, 0) is 8.85 Å². The van der Waals surface area contributed by atoms with Crippen LogP contribution in [0.2, 0.25) is 39.3 Å². The van der Waals surface area contributed by atoms with Crippen molar-refractivity contribution in [3.05, 3.63) is 46.9 Å². The fourth-order valence-electron chi connectivity index (χ4n) is 2.13. The van der Waals surface area contributed by atoms with Crippen LogP contribution in [0.4, 0.5) is 0 Å². The highest BCUT2D eigenvalue weighted by atomic mass is 28.4. The third kappa shape index (κ3) is 3.56. The van der Waals surface area contributed by atoms with Gasteiger partial charge < -0.3 is 8.85 Å². The normalized spacial score (nSPS) is 15.7. The number of carbonyl (C=O) groups excluding carboxylic acids is 2. The molecule has 0 N–H and O–H groups in total. The third-order valence-corrected chi connectivity index (χ3v) is 4.48. The van der Waals surface area contributed by atoms with Crippen molar-refractivity contribution in [2.75, 3.05) is 0 Å². The van der Waals surface area contributed by atoms with E-state index < -0.39 is 16.6 Å². The van der Waals surface area contributed by atoms with Gasteiger partial charge in [0.2, 0.25) is 28.2 Å². The highest BCUT2D eigenvalue weighted by Crippen LogP contribution is 2.31. The number of fused-ring (bicyclic) bond motifs is 1. The van der Waals surface area contributed by atoms with Gasteiger partial charge in [-0.25, -0.2) is 0 Å². The molecule has 0 radical (unpaired) electrons. The molecule has 0 aliphatic heterocycles. The van der Waals surface area contributed by atoms with Crippen molar-refractivity contribution in [3.63, 3.8) is 0 Å². The van der Waals surface area contributed by atoms with Gasteiger partial charge in [0.1, 0.15) is 0 Å². The zero-order chi connectivity index (χ0) is 16.7. The van der Waals surface area contributed by atoms with E-state index in [2.05, 4.69) is 0 Å². The van der Waals surface area contributed by atoms with Gasteiger partial charge in [0.05, 0.1) is 0 Å². The number of hydrogen-bond donors (Lipinski definition) is 0. The molecule has 6 heteroatoms. The molecule has 22 heavy (non-hydrogen) atoms. The Morgan fingerprint density at radius 2 is 1.00 bits per heavy atom. The van der Waals surface area contributed by atoms with Gasteiger partial charge in [-0.05, 0) is 39.3 Å². The Labute approximate surface area is 133 Å². The van der Waals surface area contributed by atoms with Crippen molar-refractivity contribution < 1.29 is 18.4 Å². The van der Waals surface area contributed by atoms with E-state index in [0.717, 1.165) is 0 Å². The molecule has 4 nitrogen and oxygen atoms in total. The third-order valence-electron chi connectivity index (χ3n) is 2.85. The van der Waals surface area contributed by atoms with E-state index in [1.165, 1.54) is 0 Å². The van der Waals surface area contributed by atoms with E-state index in [4.69, 9.17) is 8.85 Å². The Hall–Kier alpha value is -1.67. The summed E-state index contributed by atoms with van der Waals surface area (Å²) in [6, 6.07) is 6.82. The van der Waals surface area contributed by atoms with Crippen LogP contribution in [0.15, 0.2) is 35.8 Å². The molecule has 0 fully saturated rings. The summed E-state index contributed by atoms with van der Waals surface area (Å²) in [5, 5.41) is 0. The minimum Gasteiger partial charge on any atom is -0.539 e. The number of benzene rings is 1. The highest BCUT2D eigenvalue weighted by Gasteiger charge is 2.38. The topological polar surface area (TPSA) is 52.6 Å². The standard InChI is InChI=1S/C16H22O4Si2/c1-21(2,3)19-15-13(17)11-9-7-8-10-12(11)14(18)16(15)20-22(4,5)6/h7-10H,1-6H3. The first-order valence-corrected chi connectivity index (χ1v) is 14.1. The fraction of sp³-hybridized carbons (Fsp3) is 0.375. The molecule has 118 valence electrons. The van der Waals surface area contributed by atoms with Crippen molar-refractivity contribution in [1.82, 2.24) is 0 Å². The molecule has 0 spiro atoms. The average molecular weight is 335 g/mol. The van der Waals surface area contributed by atoms with Crippen molar-refractivity contribution in [1.29, 1.82) is 0 Å². The summed E-state index contributed by atoms with van der Waals surface area (Å²) in [6.45, 7) is 11.9. The smallest absolute Gasteiger partial charge is 0.242 e. The summed E-state index contributed by atoms with van der Waals surface area (Å²) < 4.78 is 11.8. The zero-order valence-corrected chi connectivity index (χ0v) is 15.9. The number of ketones is 2. The minimum absolute atomic E-state index is 0.0882. The van der Waals surface area contributed by atoms with Gasteiger partial charge in [0, 0.05) is 11.1 Å². The molecule has 0 atom stereocenters. The number of Topliss-reactive ketones (excluding diaryl/α,β-unsaturated/α-hetero) is 2. The molecule has 0 amide bonds. The Balaban J connectivity index is 2.60. The van der Waals surface area contributed by atoms with Crippen molar-refractivity contribution in [3.8, 4) is 0 Å². The summed E-state index contributed by atoms with van der Waals surface area (Å²) in [6.07, 6.45) is 0. The van der Waals surface area contributed by atoms with E-state index in [1.807, 2.05) is 39.3 Å². The lowest BCUT2D eigenvalue weighted by atomic mass is 9.92. The van der Waals surface area contributed by atoms with Crippen molar-refractivity contribution in [2.24, 2.45) is 0 Å². The van der Waals surface area contributed by atoms with E-state index in [9.17, 15) is 9.59 Å². The summed E-state index contributed by atoms with van der Waals surface area (Å²) in [5.41, 5.74) is 0.785. The lowest BCUT2D eigenvalue weighted by molar-refractivity contribution is 0.0892. The van der Waals surface area contributed by atoms with Crippen LogP contribution in [0.5, 0.6) is 0 Å². The van der Waals surface area contributed by atoms with Crippen molar-refractivity contribution in [2.45, 2.75) is 39.3 Å². The molecule has 1 aliphatic carbocycles. The SMILES string of the molecule is C[Si](C)(C)OC1=C(O[Si](C)(C)C)C(=O)c2ccccc2C1=O. The molecule has 0 saturated carbocycles. The quantitative estimate of drug-likeness (QED) is 0.782. The number of hydrogen-bond acceptors (Lipinski definition) is 4. The fourth-order valence-corrected chi connectivity index (χ4v) is 3.72. The van der Waals surface area contributed by atoms with Gasteiger partial charge in [0.25, 0.3) is 0 Å². The highest BCUT2D eigenvalue weighted by molar-refractivity contribution is 6.71. The number of rotatable bonds is 4. The second kappa shape index (κ2) is 5.51. The van der Waals surface area contributed by atoms with Crippen LogP contribution < -0.4 is 0 Å². The summed E-state index contributed by atoms with van der Waals surface area (Å²) in [5.74, 6) is -0.340. The maximum atomic E-state index is 12.8. The average Bonchev–Trinajstić information content (AvgIpc) is 2.37. The second-order valence-electron chi connectivity index (χ2n) is 7.29. The predicted molar refractivity (Wildman–Crippen MR) is 91.0 cm³/mol. The Morgan fingerprint density at radius 1 is 0.682 bits per heavy atom. The van der Waals surface area contributed by atoms with Gasteiger partial charge in [0.15, 0.2) is 11.5 Å². The zero-order valence-electron chi connectivity index (χ0n) is 13.9. The van der Waals surface area contributed by atoms with Crippen LogP contribution in [0.3, 0.4) is 0 Å². The van der Waals surface area contributed by atoms with Gasteiger partial charge in [-0.1, -0.05) is 24.3 Å². The van der Waals surface area contributed by atoms with Gasteiger partial charge >= 0.3 is 0 Å². The van der Waals surface area contributed by atoms with Crippen molar-refractivity contribution >= 4 is 28.2 Å². The van der Waals surface area contributed by atoms with Crippen LogP contribution >= 0.6 is 0 Å². The molecule has 0 saturated heterocycles. The van der Waals surface area contributed by atoms with Crippen LogP contribution in [-0.4, -0.2) is 28.2 Å². The van der Waals surface area contributed by atoms with E-state index in [0.29, 0.717) is 11.1 Å². The largest absolute Gasteiger partial charge is 0.539 e. The molecular weight excluding hydrogens is 312 g/mol. The molecule has 2 rings (SSSR count). The molecule has 0 heterocycles. The monoisotopic (exact) mass is 334 g/mol. The molecule has 1 aromatic carbocycles. The first-order chi connectivity index (χ1) is 9.99. The van der Waals surface area contributed by atoms with E-state index in [-0.39, 0.29) is 23.1 Å². The second-order valence-corrected chi connectivity index (χ2v) is 16.1. The first-order valence-electron chi connectivity index (χ1n) is 7.30. The predicted octanol–water partition coefficient (Wildman–Crippen LogP) is 3.98. The lowest BCUT2D eigenvalue weighted by Gasteiger charge is -2.29. The maximum absolute atomic E-state index is 12.8. The Kier molecular flexibility index (Phi) is 4.18.